The second-order valence-corrected chi connectivity index (χ2v) is 6.43. The monoisotopic (exact) mass is 283 g/mol. The SMILES string of the molecule is O=C(OCC1CC2CCC1C2)C(F)(F)S(=O)(=O)[O-]. The Hall–Kier alpha value is -0.760. The normalized spacial score (nSPS) is 31.6. The van der Waals surface area contributed by atoms with Crippen molar-refractivity contribution >= 4 is 16.1 Å². The standard InChI is InChI=1S/C10H14F2O5S/c11-10(12,18(14,15)16)9(13)17-5-8-4-6-1-2-7(8)3-6/h6-8H,1-5H2,(H,14,15,16)/p-1. The Kier molecular flexibility index (Phi) is 3.35. The Morgan fingerprint density at radius 2 is 2.00 bits per heavy atom. The highest BCUT2D eigenvalue weighted by Gasteiger charge is 2.49. The lowest BCUT2D eigenvalue weighted by Gasteiger charge is -2.23. The summed E-state index contributed by atoms with van der Waals surface area (Å²) in [6.07, 6.45) is 3.93. The lowest BCUT2D eigenvalue weighted by atomic mass is 9.90. The van der Waals surface area contributed by atoms with Gasteiger partial charge in [0.25, 0.3) is 0 Å². The average molecular weight is 283 g/mol. The Bertz CT molecular complexity index is 447. The largest absolute Gasteiger partial charge is 0.743 e. The molecule has 2 rings (SSSR count). The summed E-state index contributed by atoms with van der Waals surface area (Å²) in [4.78, 5) is 10.9. The van der Waals surface area contributed by atoms with Gasteiger partial charge in [-0.1, -0.05) is 6.42 Å². The zero-order valence-electron chi connectivity index (χ0n) is 9.47. The highest BCUT2D eigenvalue weighted by molar-refractivity contribution is 7.87. The topological polar surface area (TPSA) is 83.5 Å². The molecule has 0 radical (unpaired) electrons. The second kappa shape index (κ2) is 4.41. The van der Waals surface area contributed by atoms with E-state index in [1.54, 1.807) is 0 Å². The first-order chi connectivity index (χ1) is 8.22. The molecule has 0 spiro atoms. The van der Waals surface area contributed by atoms with Crippen LogP contribution in [0.1, 0.15) is 25.7 Å². The summed E-state index contributed by atoms with van der Waals surface area (Å²) in [7, 11) is -6.02. The summed E-state index contributed by atoms with van der Waals surface area (Å²) in [5.74, 6) is -1.33. The Morgan fingerprint density at radius 1 is 1.33 bits per heavy atom. The molecule has 2 fully saturated rings. The molecule has 8 heteroatoms. The first-order valence-electron chi connectivity index (χ1n) is 5.72. The van der Waals surface area contributed by atoms with Crippen molar-refractivity contribution in [2.75, 3.05) is 6.61 Å². The Morgan fingerprint density at radius 3 is 2.44 bits per heavy atom. The molecule has 0 heterocycles. The van der Waals surface area contributed by atoms with Gasteiger partial charge in [-0.05, 0) is 37.0 Å². The van der Waals surface area contributed by atoms with Crippen LogP contribution in [0.25, 0.3) is 0 Å². The van der Waals surface area contributed by atoms with Gasteiger partial charge in [0, 0.05) is 0 Å². The number of esters is 1. The number of carbonyl (C=O) groups excluding carboxylic acids is 1. The van der Waals surface area contributed by atoms with Crippen molar-refractivity contribution in [1.29, 1.82) is 0 Å². The Labute approximate surface area is 103 Å². The van der Waals surface area contributed by atoms with Gasteiger partial charge in [0.15, 0.2) is 10.1 Å². The van der Waals surface area contributed by atoms with Crippen molar-refractivity contribution in [2.45, 2.75) is 30.9 Å². The van der Waals surface area contributed by atoms with E-state index in [0.29, 0.717) is 11.8 Å². The minimum atomic E-state index is -6.02. The van der Waals surface area contributed by atoms with Crippen LogP contribution in [0.3, 0.4) is 0 Å². The van der Waals surface area contributed by atoms with E-state index in [0.717, 1.165) is 25.7 Å². The van der Waals surface area contributed by atoms with Crippen LogP contribution in [0.15, 0.2) is 0 Å². The van der Waals surface area contributed by atoms with Gasteiger partial charge >= 0.3 is 11.2 Å². The van der Waals surface area contributed by atoms with E-state index in [1.807, 2.05) is 0 Å². The number of ether oxygens (including phenoxy) is 1. The lowest BCUT2D eigenvalue weighted by molar-refractivity contribution is -0.163. The smallest absolute Gasteiger partial charge is 0.428 e. The summed E-state index contributed by atoms with van der Waals surface area (Å²) in [5, 5.41) is -5.00. The van der Waals surface area contributed by atoms with E-state index < -0.39 is 21.3 Å². The van der Waals surface area contributed by atoms with E-state index in [4.69, 9.17) is 0 Å². The molecule has 0 aliphatic heterocycles. The van der Waals surface area contributed by atoms with Crippen LogP contribution in [-0.2, 0) is 19.6 Å². The van der Waals surface area contributed by atoms with Crippen molar-refractivity contribution in [3.05, 3.63) is 0 Å². The molecule has 2 saturated carbocycles. The Balaban J connectivity index is 1.89. The molecular formula is C10H13F2O5S-. The summed E-state index contributed by atoms with van der Waals surface area (Å²) < 4.78 is 60.6. The third kappa shape index (κ3) is 2.35. The van der Waals surface area contributed by atoms with Crippen LogP contribution < -0.4 is 0 Å². The molecule has 0 aromatic rings. The summed E-state index contributed by atoms with van der Waals surface area (Å²) in [6, 6.07) is 0. The van der Waals surface area contributed by atoms with Gasteiger partial charge in [0.05, 0.1) is 6.61 Å². The van der Waals surface area contributed by atoms with E-state index in [-0.39, 0.29) is 12.5 Å². The maximum Gasteiger partial charge on any atom is 0.428 e. The van der Waals surface area contributed by atoms with Crippen molar-refractivity contribution < 1.29 is 31.3 Å². The summed E-state index contributed by atoms with van der Waals surface area (Å²) >= 11 is 0. The number of halogens is 2. The third-order valence-electron chi connectivity index (χ3n) is 3.86. The molecule has 0 aromatic heterocycles. The first-order valence-corrected chi connectivity index (χ1v) is 7.13. The summed E-state index contributed by atoms with van der Waals surface area (Å²) in [6.45, 7) is -0.231. The molecule has 5 nitrogen and oxygen atoms in total. The van der Waals surface area contributed by atoms with Crippen molar-refractivity contribution in [3.8, 4) is 0 Å². The fraction of sp³-hybridized carbons (Fsp3) is 0.900. The average Bonchev–Trinajstić information content (AvgIpc) is 2.85. The third-order valence-corrected chi connectivity index (χ3v) is 4.66. The predicted molar refractivity (Wildman–Crippen MR) is 54.5 cm³/mol. The molecule has 2 bridgehead atoms. The molecule has 2 aliphatic carbocycles. The van der Waals surface area contributed by atoms with Gasteiger partial charge in [-0.3, -0.25) is 0 Å². The number of alkyl halides is 2. The molecule has 18 heavy (non-hydrogen) atoms. The highest BCUT2D eigenvalue weighted by atomic mass is 32.2. The van der Waals surface area contributed by atoms with E-state index in [2.05, 4.69) is 4.74 Å². The van der Waals surface area contributed by atoms with E-state index in [9.17, 15) is 26.5 Å². The number of hydrogen-bond acceptors (Lipinski definition) is 5. The van der Waals surface area contributed by atoms with Crippen LogP contribution in [0, 0.1) is 17.8 Å². The molecule has 0 saturated heterocycles. The van der Waals surface area contributed by atoms with Crippen molar-refractivity contribution in [1.82, 2.24) is 0 Å². The van der Waals surface area contributed by atoms with Crippen LogP contribution in [-0.4, -0.2) is 30.8 Å². The maximum absolute atomic E-state index is 12.8. The first kappa shape index (κ1) is 13.7. The van der Waals surface area contributed by atoms with Gasteiger partial charge in [-0.2, -0.15) is 8.78 Å². The van der Waals surface area contributed by atoms with Gasteiger partial charge < -0.3 is 9.29 Å². The van der Waals surface area contributed by atoms with Crippen LogP contribution in [0.2, 0.25) is 0 Å². The second-order valence-electron chi connectivity index (χ2n) is 5.00. The fourth-order valence-electron chi connectivity index (χ4n) is 2.95. The molecule has 104 valence electrons. The molecule has 3 unspecified atom stereocenters. The highest BCUT2D eigenvalue weighted by Crippen LogP contribution is 2.48. The molecule has 2 aliphatic rings. The maximum atomic E-state index is 12.8. The molecule has 0 aromatic carbocycles. The molecule has 0 N–H and O–H groups in total. The minimum Gasteiger partial charge on any atom is -0.743 e. The van der Waals surface area contributed by atoms with E-state index in [1.165, 1.54) is 0 Å². The number of fused-ring (bicyclic) bond motifs is 2. The number of hydrogen-bond donors (Lipinski definition) is 0. The zero-order valence-corrected chi connectivity index (χ0v) is 10.3. The van der Waals surface area contributed by atoms with Crippen molar-refractivity contribution in [2.24, 2.45) is 17.8 Å². The van der Waals surface area contributed by atoms with Gasteiger partial charge in [0.1, 0.15) is 0 Å². The number of rotatable bonds is 4. The molecule has 3 atom stereocenters. The molecular weight excluding hydrogens is 270 g/mol. The zero-order chi connectivity index (χ0) is 13.6. The molecule has 0 amide bonds. The minimum absolute atomic E-state index is 0.0119. The van der Waals surface area contributed by atoms with E-state index >= 15 is 0 Å². The van der Waals surface area contributed by atoms with Crippen LogP contribution in [0.4, 0.5) is 8.78 Å². The van der Waals surface area contributed by atoms with Crippen molar-refractivity contribution in [3.63, 3.8) is 0 Å². The quantitative estimate of drug-likeness (QED) is 0.570. The fourth-order valence-corrected chi connectivity index (χ4v) is 3.21. The lowest BCUT2D eigenvalue weighted by Crippen LogP contribution is -2.40. The van der Waals surface area contributed by atoms with Gasteiger partial charge in [-0.15, -0.1) is 0 Å². The summed E-state index contributed by atoms with van der Waals surface area (Å²) in [5.41, 5.74) is 0. The van der Waals surface area contributed by atoms with Crippen LogP contribution in [0.5, 0.6) is 0 Å². The van der Waals surface area contributed by atoms with Crippen LogP contribution >= 0.6 is 0 Å². The van der Waals surface area contributed by atoms with Gasteiger partial charge in [0.2, 0.25) is 0 Å². The predicted octanol–water partition coefficient (Wildman–Crippen LogP) is 1.10. The van der Waals surface area contributed by atoms with Gasteiger partial charge in [-0.25, -0.2) is 13.2 Å². The number of carbonyl (C=O) groups is 1.